The average Bonchev–Trinajstić information content (AvgIpc) is 2.07. The fourth-order valence-corrected chi connectivity index (χ4v) is 0.961. The van der Waals surface area contributed by atoms with Crippen molar-refractivity contribution < 1.29 is 4.57 Å². The summed E-state index contributed by atoms with van der Waals surface area (Å²) in [6.07, 6.45) is 10.4. The van der Waals surface area contributed by atoms with Crippen LogP contribution in [0.2, 0.25) is 0 Å². The van der Waals surface area contributed by atoms with Crippen molar-refractivity contribution in [3.05, 3.63) is 30.1 Å². The van der Waals surface area contributed by atoms with Gasteiger partial charge in [0, 0.05) is 24.1 Å². The molecule has 0 saturated carbocycles. The van der Waals surface area contributed by atoms with Gasteiger partial charge in [-0.3, -0.25) is 0 Å². The molecule has 0 unspecified atom stereocenters. The van der Waals surface area contributed by atoms with Crippen molar-refractivity contribution in [3.8, 4) is 12.3 Å². The third-order valence-corrected chi connectivity index (χ3v) is 1.54. The maximum atomic E-state index is 5.21. The number of pyridine rings is 1. The molecule has 0 amide bonds. The van der Waals surface area contributed by atoms with E-state index in [-0.39, 0.29) is 0 Å². The van der Waals surface area contributed by atoms with Gasteiger partial charge >= 0.3 is 0 Å². The number of hydrogen-bond acceptors (Lipinski definition) is 0. The van der Waals surface area contributed by atoms with E-state index < -0.39 is 0 Å². The summed E-state index contributed by atoms with van der Waals surface area (Å²) >= 11 is 0. The lowest BCUT2D eigenvalue weighted by atomic mass is 10.3. The molecule has 1 rings (SSSR count). The van der Waals surface area contributed by atoms with Gasteiger partial charge in [-0.15, -0.1) is 6.42 Å². The minimum atomic E-state index is 0.942. The van der Waals surface area contributed by atoms with Crippen LogP contribution in [0.3, 0.4) is 0 Å². The summed E-state index contributed by atoms with van der Waals surface area (Å²) in [6, 6.07) is 3.91. The normalized spacial score (nSPS) is 9.09. The Bertz CT molecular complexity index is 253. The molecule has 1 nitrogen and oxygen atoms in total. The van der Waals surface area contributed by atoms with E-state index in [1.165, 1.54) is 0 Å². The van der Waals surface area contributed by atoms with E-state index in [1.807, 2.05) is 24.5 Å². The molecule has 0 saturated heterocycles. The molecule has 0 bridgehead atoms. The van der Waals surface area contributed by atoms with Crippen LogP contribution in [0.4, 0.5) is 0 Å². The van der Waals surface area contributed by atoms with Gasteiger partial charge in [-0.05, 0) is 0 Å². The van der Waals surface area contributed by atoms with Crippen LogP contribution >= 0.6 is 0 Å². The van der Waals surface area contributed by atoms with Crippen LogP contribution in [0.1, 0.15) is 18.9 Å². The SMILES string of the molecule is C#Cc1cc[n+](CCC)cc1. The first-order valence-corrected chi connectivity index (χ1v) is 3.82. The van der Waals surface area contributed by atoms with Gasteiger partial charge in [0.15, 0.2) is 12.4 Å². The summed E-state index contributed by atoms with van der Waals surface area (Å²) in [5, 5.41) is 0. The molecule has 0 fully saturated rings. The molecule has 0 atom stereocenters. The monoisotopic (exact) mass is 146 g/mol. The first kappa shape index (κ1) is 7.81. The number of nitrogens with zero attached hydrogens (tertiary/aromatic N) is 1. The summed E-state index contributed by atoms with van der Waals surface area (Å²) < 4.78 is 2.13. The average molecular weight is 146 g/mol. The van der Waals surface area contributed by atoms with Crippen LogP contribution in [0.5, 0.6) is 0 Å². The molecule has 1 aromatic rings. The zero-order valence-corrected chi connectivity index (χ0v) is 6.75. The van der Waals surface area contributed by atoms with Crippen molar-refractivity contribution in [1.29, 1.82) is 0 Å². The maximum absolute atomic E-state index is 5.21. The van der Waals surface area contributed by atoms with Gasteiger partial charge in [-0.1, -0.05) is 12.8 Å². The third kappa shape index (κ3) is 2.09. The molecule has 1 aromatic heterocycles. The zero-order chi connectivity index (χ0) is 8.10. The second kappa shape index (κ2) is 3.78. The van der Waals surface area contributed by atoms with Crippen LogP contribution in [-0.2, 0) is 6.54 Å². The molecule has 56 valence electrons. The standard InChI is InChI=1S/C10H12N/c1-3-7-11-8-5-10(4-2)6-9-11/h2,5-6,8-9H,3,7H2,1H3/q+1. The summed E-state index contributed by atoms with van der Waals surface area (Å²) in [5.41, 5.74) is 0.942. The molecule has 0 aliphatic rings. The number of aromatic nitrogens is 1. The van der Waals surface area contributed by atoms with Crippen LogP contribution in [-0.4, -0.2) is 0 Å². The number of rotatable bonds is 2. The van der Waals surface area contributed by atoms with Gasteiger partial charge in [-0.25, -0.2) is 4.57 Å². The van der Waals surface area contributed by atoms with Crippen molar-refractivity contribution >= 4 is 0 Å². The highest BCUT2D eigenvalue weighted by molar-refractivity contribution is 5.27. The van der Waals surface area contributed by atoms with E-state index in [9.17, 15) is 0 Å². The molecule has 0 radical (unpaired) electrons. The second-order valence-electron chi connectivity index (χ2n) is 2.47. The van der Waals surface area contributed by atoms with Gasteiger partial charge in [0.05, 0.1) is 0 Å². The van der Waals surface area contributed by atoms with Crippen LogP contribution in [0.25, 0.3) is 0 Å². The van der Waals surface area contributed by atoms with Crippen LogP contribution in [0, 0.1) is 12.3 Å². The number of terminal acetylenes is 1. The molecule has 0 aliphatic heterocycles. The Balaban J connectivity index is 2.76. The maximum Gasteiger partial charge on any atom is 0.170 e. The van der Waals surface area contributed by atoms with Crippen LogP contribution < -0.4 is 4.57 Å². The Hall–Kier alpha value is -1.29. The smallest absolute Gasteiger partial charge is 0.170 e. The third-order valence-electron chi connectivity index (χ3n) is 1.54. The molecular weight excluding hydrogens is 134 g/mol. The predicted molar refractivity (Wildman–Crippen MR) is 44.9 cm³/mol. The van der Waals surface area contributed by atoms with E-state index in [0.717, 1.165) is 18.5 Å². The largest absolute Gasteiger partial charge is 0.205 e. The first-order valence-electron chi connectivity index (χ1n) is 3.82. The van der Waals surface area contributed by atoms with Crippen molar-refractivity contribution in [2.24, 2.45) is 0 Å². The molecule has 0 spiro atoms. The molecule has 1 heterocycles. The molecule has 0 aliphatic carbocycles. The molecule has 0 aromatic carbocycles. The van der Waals surface area contributed by atoms with Crippen molar-refractivity contribution in [1.82, 2.24) is 0 Å². The van der Waals surface area contributed by atoms with E-state index >= 15 is 0 Å². The zero-order valence-electron chi connectivity index (χ0n) is 6.75. The van der Waals surface area contributed by atoms with Crippen molar-refractivity contribution in [2.45, 2.75) is 19.9 Å². The fraction of sp³-hybridized carbons (Fsp3) is 0.300. The van der Waals surface area contributed by atoms with Crippen molar-refractivity contribution in [2.75, 3.05) is 0 Å². The number of aryl methyl sites for hydroxylation is 1. The number of hydrogen-bond donors (Lipinski definition) is 0. The highest BCUT2D eigenvalue weighted by atomic mass is 14.9. The van der Waals surface area contributed by atoms with Gasteiger partial charge in [0.1, 0.15) is 6.54 Å². The van der Waals surface area contributed by atoms with Gasteiger partial charge in [0.2, 0.25) is 0 Å². The van der Waals surface area contributed by atoms with Crippen LogP contribution in [0.15, 0.2) is 24.5 Å². The van der Waals surface area contributed by atoms with E-state index in [4.69, 9.17) is 6.42 Å². The highest BCUT2D eigenvalue weighted by Gasteiger charge is 1.95. The summed E-state index contributed by atoms with van der Waals surface area (Å²) in [7, 11) is 0. The van der Waals surface area contributed by atoms with E-state index in [1.54, 1.807) is 0 Å². The Labute approximate surface area is 67.7 Å². The lowest BCUT2D eigenvalue weighted by Crippen LogP contribution is -2.31. The highest BCUT2D eigenvalue weighted by Crippen LogP contribution is 1.90. The van der Waals surface area contributed by atoms with E-state index in [0.29, 0.717) is 0 Å². The lowest BCUT2D eigenvalue weighted by Gasteiger charge is -1.92. The predicted octanol–water partition coefficient (Wildman–Crippen LogP) is 1.37. The molecule has 1 heteroatoms. The summed E-state index contributed by atoms with van der Waals surface area (Å²) in [6.45, 7) is 3.22. The summed E-state index contributed by atoms with van der Waals surface area (Å²) in [5.74, 6) is 2.58. The first-order chi connectivity index (χ1) is 5.36. The van der Waals surface area contributed by atoms with Crippen molar-refractivity contribution in [3.63, 3.8) is 0 Å². The fourth-order valence-electron chi connectivity index (χ4n) is 0.961. The second-order valence-corrected chi connectivity index (χ2v) is 2.47. The molecular formula is C10H12N+. The Morgan fingerprint density at radius 1 is 1.45 bits per heavy atom. The van der Waals surface area contributed by atoms with Gasteiger partial charge in [0.25, 0.3) is 0 Å². The van der Waals surface area contributed by atoms with Gasteiger partial charge in [-0.2, -0.15) is 0 Å². The Morgan fingerprint density at radius 3 is 2.55 bits per heavy atom. The van der Waals surface area contributed by atoms with E-state index in [2.05, 4.69) is 17.4 Å². The molecule has 11 heavy (non-hydrogen) atoms. The minimum absolute atomic E-state index is 0.942. The quantitative estimate of drug-likeness (QED) is 0.438. The topological polar surface area (TPSA) is 3.88 Å². The van der Waals surface area contributed by atoms with Gasteiger partial charge < -0.3 is 0 Å². The Kier molecular flexibility index (Phi) is 2.68. The summed E-state index contributed by atoms with van der Waals surface area (Å²) in [4.78, 5) is 0. The minimum Gasteiger partial charge on any atom is -0.205 e. The Morgan fingerprint density at radius 2 is 2.09 bits per heavy atom. The lowest BCUT2D eigenvalue weighted by molar-refractivity contribution is -0.697. The molecule has 0 N–H and O–H groups in total.